The largest absolute Gasteiger partial charge is 0.355 e. The Morgan fingerprint density at radius 2 is 2.17 bits per heavy atom. The summed E-state index contributed by atoms with van der Waals surface area (Å²) >= 11 is 0. The Kier molecular flexibility index (Phi) is 3.00. The molecular weight excluding hydrogens is 229 g/mol. The Balaban J connectivity index is 1.58. The van der Waals surface area contributed by atoms with Crippen LogP contribution in [0, 0.1) is 5.82 Å². The van der Waals surface area contributed by atoms with Gasteiger partial charge in [-0.1, -0.05) is 18.2 Å². The van der Waals surface area contributed by atoms with E-state index in [2.05, 4.69) is 14.9 Å². The molecule has 0 aliphatic heterocycles. The van der Waals surface area contributed by atoms with E-state index in [9.17, 15) is 4.39 Å². The Bertz CT molecular complexity index is 531. The van der Waals surface area contributed by atoms with Gasteiger partial charge in [0.2, 0.25) is 5.95 Å². The molecule has 1 aliphatic rings. The van der Waals surface area contributed by atoms with Gasteiger partial charge < -0.3 is 9.88 Å². The lowest BCUT2D eigenvalue weighted by atomic mass is 10.1. The van der Waals surface area contributed by atoms with Gasteiger partial charge in [-0.05, 0) is 30.9 Å². The Labute approximate surface area is 106 Å². The van der Waals surface area contributed by atoms with E-state index in [4.69, 9.17) is 0 Å². The zero-order chi connectivity index (χ0) is 12.4. The first kappa shape index (κ1) is 11.3. The van der Waals surface area contributed by atoms with Crippen molar-refractivity contribution in [3.05, 3.63) is 48.0 Å². The Morgan fingerprint density at radius 1 is 1.33 bits per heavy atom. The van der Waals surface area contributed by atoms with Gasteiger partial charge in [0.15, 0.2) is 0 Å². The molecule has 1 N–H and O–H groups in total. The zero-order valence-corrected chi connectivity index (χ0v) is 10.1. The van der Waals surface area contributed by atoms with Gasteiger partial charge in [0, 0.05) is 25.0 Å². The third-order valence-corrected chi connectivity index (χ3v) is 3.24. The molecule has 3 rings (SSSR count). The summed E-state index contributed by atoms with van der Waals surface area (Å²) in [5.74, 6) is 0.763. The molecule has 0 spiro atoms. The second-order valence-corrected chi connectivity index (χ2v) is 4.66. The molecular formula is C14H16FN3. The number of benzene rings is 1. The molecule has 0 radical (unpaired) electrons. The van der Waals surface area contributed by atoms with Crippen LogP contribution in [0.2, 0.25) is 0 Å². The van der Waals surface area contributed by atoms with E-state index in [1.165, 1.54) is 18.9 Å². The second kappa shape index (κ2) is 4.80. The van der Waals surface area contributed by atoms with Crippen molar-refractivity contribution in [3.8, 4) is 0 Å². The Hall–Kier alpha value is -1.84. The van der Waals surface area contributed by atoms with Crippen LogP contribution in [-0.2, 0) is 6.42 Å². The number of halogens is 1. The number of imidazole rings is 1. The number of nitrogens with zero attached hydrogens (tertiary/aromatic N) is 2. The minimum Gasteiger partial charge on any atom is -0.355 e. The number of nitrogens with one attached hydrogen (secondary N) is 1. The molecule has 1 aliphatic carbocycles. The molecule has 1 aromatic heterocycles. The van der Waals surface area contributed by atoms with Crippen molar-refractivity contribution >= 4 is 5.95 Å². The molecule has 1 saturated carbocycles. The monoisotopic (exact) mass is 245 g/mol. The van der Waals surface area contributed by atoms with E-state index in [1.54, 1.807) is 6.07 Å². The summed E-state index contributed by atoms with van der Waals surface area (Å²) < 4.78 is 15.6. The van der Waals surface area contributed by atoms with Crippen molar-refractivity contribution in [2.45, 2.75) is 25.3 Å². The molecule has 2 aromatic rings. The maximum Gasteiger partial charge on any atom is 0.203 e. The number of hydrogen-bond donors (Lipinski definition) is 1. The van der Waals surface area contributed by atoms with Crippen molar-refractivity contribution in [2.75, 3.05) is 11.9 Å². The van der Waals surface area contributed by atoms with Gasteiger partial charge in [-0.3, -0.25) is 0 Å². The summed E-state index contributed by atoms with van der Waals surface area (Å²) in [7, 11) is 0. The van der Waals surface area contributed by atoms with Crippen LogP contribution < -0.4 is 5.32 Å². The molecule has 1 fully saturated rings. The minimum absolute atomic E-state index is 0.134. The SMILES string of the molecule is Fc1ccccc1CCNc1nccn1C1CC1. The highest BCUT2D eigenvalue weighted by Gasteiger charge is 2.25. The van der Waals surface area contributed by atoms with Crippen LogP contribution in [-0.4, -0.2) is 16.1 Å². The van der Waals surface area contributed by atoms with Crippen LogP contribution >= 0.6 is 0 Å². The predicted molar refractivity (Wildman–Crippen MR) is 69.1 cm³/mol. The van der Waals surface area contributed by atoms with Crippen molar-refractivity contribution < 1.29 is 4.39 Å². The summed E-state index contributed by atoms with van der Waals surface area (Å²) in [5, 5.41) is 3.28. The smallest absolute Gasteiger partial charge is 0.203 e. The maximum atomic E-state index is 13.4. The highest BCUT2D eigenvalue weighted by molar-refractivity contribution is 5.28. The first-order valence-corrected chi connectivity index (χ1v) is 6.35. The molecule has 0 bridgehead atoms. The number of rotatable bonds is 5. The highest BCUT2D eigenvalue weighted by atomic mass is 19.1. The lowest BCUT2D eigenvalue weighted by Gasteiger charge is -2.09. The van der Waals surface area contributed by atoms with Crippen LogP contribution in [0.5, 0.6) is 0 Å². The van der Waals surface area contributed by atoms with Crippen molar-refractivity contribution in [1.29, 1.82) is 0 Å². The lowest BCUT2D eigenvalue weighted by molar-refractivity contribution is 0.610. The number of anilines is 1. The van der Waals surface area contributed by atoms with Crippen molar-refractivity contribution in [2.24, 2.45) is 0 Å². The summed E-state index contributed by atoms with van der Waals surface area (Å²) in [4.78, 5) is 4.29. The van der Waals surface area contributed by atoms with Gasteiger partial charge in [0.1, 0.15) is 5.82 Å². The van der Waals surface area contributed by atoms with E-state index in [1.807, 2.05) is 24.5 Å². The fourth-order valence-corrected chi connectivity index (χ4v) is 2.11. The summed E-state index contributed by atoms with van der Waals surface area (Å²) in [6.45, 7) is 0.699. The predicted octanol–water partition coefficient (Wildman–Crippen LogP) is 3.01. The lowest BCUT2D eigenvalue weighted by Crippen LogP contribution is -2.10. The van der Waals surface area contributed by atoms with Crippen molar-refractivity contribution in [1.82, 2.24) is 9.55 Å². The van der Waals surface area contributed by atoms with E-state index in [0.717, 1.165) is 11.5 Å². The van der Waals surface area contributed by atoms with Crippen LogP contribution in [0.15, 0.2) is 36.7 Å². The Morgan fingerprint density at radius 3 is 2.94 bits per heavy atom. The number of aromatic nitrogens is 2. The molecule has 0 unspecified atom stereocenters. The molecule has 3 nitrogen and oxygen atoms in total. The molecule has 4 heteroatoms. The van der Waals surface area contributed by atoms with Gasteiger partial charge in [-0.15, -0.1) is 0 Å². The van der Waals surface area contributed by atoms with Crippen LogP contribution in [0.1, 0.15) is 24.4 Å². The standard InChI is InChI=1S/C14H16FN3/c15-13-4-2-1-3-11(13)7-8-16-14-17-9-10-18(14)12-5-6-12/h1-4,9-10,12H,5-8H2,(H,16,17). The zero-order valence-electron chi connectivity index (χ0n) is 10.1. The molecule has 1 heterocycles. The first-order chi connectivity index (χ1) is 8.84. The molecule has 94 valence electrons. The minimum atomic E-state index is -0.134. The summed E-state index contributed by atoms with van der Waals surface area (Å²) in [5.41, 5.74) is 0.745. The maximum absolute atomic E-state index is 13.4. The molecule has 18 heavy (non-hydrogen) atoms. The van der Waals surface area contributed by atoms with Gasteiger partial charge in [-0.2, -0.15) is 0 Å². The quantitative estimate of drug-likeness (QED) is 0.877. The second-order valence-electron chi connectivity index (χ2n) is 4.66. The average Bonchev–Trinajstić information content (AvgIpc) is 3.12. The van der Waals surface area contributed by atoms with Gasteiger partial charge >= 0.3 is 0 Å². The van der Waals surface area contributed by atoms with E-state index in [0.29, 0.717) is 19.0 Å². The third-order valence-electron chi connectivity index (χ3n) is 3.24. The fourth-order valence-electron chi connectivity index (χ4n) is 2.11. The van der Waals surface area contributed by atoms with E-state index < -0.39 is 0 Å². The third kappa shape index (κ3) is 2.37. The molecule has 0 amide bonds. The van der Waals surface area contributed by atoms with Crippen molar-refractivity contribution in [3.63, 3.8) is 0 Å². The van der Waals surface area contributed by atoms with Gasteiger partial charge in [0.25, 0.3) is 0 Å². The summed E-state index contributed by atoms with van der Waals surface area (Å²) in [6.07, 6.45) is 6.95. The fraction of sp³-hybridized carbons (Fsp3) is 0.357. The van der Waals surface area contributed by atoms with Crippen LogP contribution in [0.3, 0.4) is 0 Å². The highest BCUT2D eigenvalue weighted by Crippen LogP contribution is 2.36. The average molecular weight is 245 g/mol. The van der Waals surface area contributed by atoms with Crippen LogP contribution in [0.4, 0.5) is 10.3 Å². The van der Waals surface area contributed by atoms with Gasteiger partial charge in [-0.25, -0.2) is 9.37 Å². The van der Waals surface area contributed by atoms with E-state index >= 15 is 0 Å². The molecule has 1 aromatic carbocycles. The summed E-state index contributed by atoms with van der Waals surface area (Å²) in [6, 6.07) is 7.52. The van der Waals surface area contributed by atoms with Crippen LogP contribution in [0.25, 0.3) is 0 Å². The van der Waals surface area contributed by atoms with E-state index in [-0.39, 0.29) is 5.82 Å². The topological polar surface area (TPSA) is 29.9 Å². The molecule has 0 atom stereocenters. The van der Waals surface area contributed by atoms with Gasteiger partial charge in [0.05, 0.1) is 0 Å². The first-order valence-electron chi connectivity index (χ1n) is 6.35. The molecule has 0 saturated heterocycles. The number of hydrogen-bond acceptors (Lipinski definition) is 2. The normalized spacial score (nSPS) is 14.7.